The first-order chi connectivity index (χ1) is 10.2. The van der Waals surface area contributed by atoms with Crippen LogP contribution in [0.5, 0.6) is 0 Å². The molecule has 1 amide bonds. The number of hydrogen-bond donors (Lipinski definition) is 1. The summed E-state index contributed by atoms with van der Waals surface area (Å²) in [5.74, 6) is -0.490. The molecule has 100 valence electrons. The van der Waals surface area contributed by atoms with Crippen molar-refractivity contribution < 1.29 is 4.79 Å². The van der Waals surface area contributed by atoms with Crippen molar-refractivity contribution in [2.24, 2.45) is 5.73 Å². The standard InChI is InChI=1S/C17H11N3O/c18-17(21)14-9-19-20-15-6-5-12-7-10-3-1-2-4-11(10)8-13(12)16(14)15/h1-9H,(H2,18,21). The first-order valence-corrected chi connectivity index (χ1v) is 6.61. The van der Waals surface area contributed by atoms with Gasteiger partial charge >= 0.3 is 0 Å². The third-order valence-corrected chi connectivity index (χ3v) is 3.75. The van der Waals surface area contributed by atoms with Crippen LogP contribution in [-0.2, 0) is 0 Å². The van der Waals surface area contributed by atoms with E-state index in [9.17, 15) is 4.79 Å². The van der Waals surface area contributed by atoms with Gasteiger partial charge in [0.1, 0.15) is 0 Å². The Bertz CT molecular complexity index is 1020. The lowest BCUT2D eigenvalue weighted by molar-refractivity contribution is 0.100. The highest BCUT2D eigenvalue weighted by molar-refractivity contribution is 6.18. The van der Waals surface area contributed by atoms with Gasteiger partial charge in [-0.2, -0.15) is 10.2 Å². The lowest BCUT2D eigenvalue weighted by atomic mass is 9.98. The highest BCUT2D eigenvalue weighted by Crippen LogP contribution is 2.30. The van der Waals surface area contributed by atoms with Crippen LogP contribution >= 0.6 is 0 Å². The Morgan fingerprint density at radius 1 is 0.952 bits per heavy atom. The summed E-state index contributed by atoms with van der Waals surface area (Å²) in [5.41, 5.74) is 6.56. The van der Waals surface area contributed by atoms with Crippen LogP contribution in [0.3, 0.4) is 0 Å². The van der Waals surface area contributed by atoms with Gasteiger partial charge in [-0.1, -0.05) is 30.3 Å². The second-order valence-electron chi connectivity index (χ2n) is 5.00. The minimum Gasteiger partial charge on any atom is -0.366 e. The summed E-state index contributed by atoms with van der Waals surface area (Å²) in [5, 5.41) is 13.0. The molecular formula is C17H11N3O. The van der Waals surface area contributed by atoms with Crippen molar-refractivity contribution in [1.82, 2.24) is 10.2 Å². The number of carbonyl (C=O) groups is 1. The number of fused-ring (bicyclic) bond motifs is 4. The van der Waals surface area contributed by atoms with Crippen LogP contribution in [-0.4, -0.2) is 16.1 Å². The fourth-order valence-electron chi connectivity index (χ4n) is 2.77. The fourth-order valence-corrected chi connectivity index (χ4v) is 2.77. The van der Waals surface area contributed by atoms with E-state index in [1.165, 1.54) is 6.20 Å². The average molecular weight is 273 g/mol. The zero-order valence-corrected chi connectivity index (χ0v) is 11.1. The fraction of sp³-hybridized carbons (Fsp3) is 0. The quantitative estimate of drug-likeness (QED) is 0.428. The van der Waals surface area contributed by atoms with Crippen LogP contribution in [0, 0.1) is 0 Å². The number of rotatable bonds is 1. The van der Waals surface area contributed by atoms with Crippen molar-refractivity contribution in [3.8, 4) is 0 Å². The maximum absolute atomic E-state index is 11.7. The number of amides is 1. The molecule has 3 aromatic carbocycles. The Labute approximate surface area is 120 Å². The van der Waals surface area contributed by atoms with Crippen molar-refractivity contribution in [1.29, 1.82) is 0 Å². The second-order valence-corrected chi connectivity index (χ2v) is 5.00. The third-order valence-electron chi connectivity index (χ3n) is 3.75. The van der Waals surface area contributed by atoms with Crippen LogP contribution in [0.1, 0.15) is 10.4 Å². The van der Waals surface area contributed by atoms with Crippen LogP contribution in [0.15, 0.2) is 54.7 Å². The van der Waals surface area contributed by atoms with E-state index in [4.69, 9.17) is 5.73 Å². The second kappa shape index (κ2) is 4.24. The predicted octanol–water partition coefficient (Wildman–Crippen LogP) is 3.04. The number of benzene rings is 3. The monoisotopic (exact) mass is 273 g/mol. The van der Waals surface area contributed by atoms with E-state index in [1.54, 1.807) is 0 Å². The summed E-state index contributed by atoms with van der Waals surface area (Å²) in [6.45, 7) is 0. The zero-order chi connectivity index (χ0) is 14.4. The Morgan fingerprint density at radius 2 is 1.71 bits per heavy atom. The molecule has 21 heavy (non-hydrogen) atoms. The molecule has 0 aliphatic heterocycles. The molecule has 1 aromatic heterocycles. The van der Waals surface area contributed by atoms with Crippen molar-refractivity contribution in [2.75, 3.05) is 0 Å². The number of nitrogens with two attached hydrogens (primary N) is 1. The van der Waals surface area contributed by atoms with Gasteiger partial charge in [-0.05, 0) is 39.7 Å². The Balaban J connectivity index is 2.26. The minimum atomic E-state index is -0.490. The number of primary amides is 1. The predicted molar refractivity (Wildman–Crippen MR) is 83.1 cm³/mol. The number of carbonyl (C=O) groups excluding carboxylic acids is 1. The van der Waals surface area contributed by atoms with Gasteiger partial charge in [-0.15, -0.1) is 0 Å². The van der Waals surface area contributed by atoms with Crippen LogP contribution in [0.25, 0.3) is 32.4 Å². The van der Waals surface area contributed by atoms with Gasteiger partial charge in [0, 0.05) is 5.39 Å². The molecule has 0 atom stereocenters. The largest absolute Gasteiger partial charge is 0.366 e. The van der Waals surface area contributed by atoms with E-state index in [0.29, 0.717) is 11.1 Å². The Hall–Kier alpha value is -3.01. The summed E-state index contributed by atoms with van der Waals surface area (Å²) in [6, 6.07) is 16.2. The molecule has 0 unspecified atom stereocenters. The molecule has 4 heteroatoms. The molecule has 0 spiro atoms. The summed E-state index contributed by atoms with van der Waals surface area (Å²) >= 11 is 0. The summed E-state index contributed by atoms with van der Waals surface area (Å²) in [4.78, 5) is 11.7. The van der Waals surface area contributed by atoms with E-state index >= 15 is 0 Å². The van der Waals surface area contributed by atoms with E-state index in [1.807, 2.05) is 30.3 Å². The van der Waals surface area contributed by atoms with E-state index in [0.717, 1.165) is 26.9 Å². The van der Waals surface area contributed by atoms with E-state index in [-0.39, 0.29) is 0 Å². The maximum Gasteiger partial charge on any atom is 0.251 e. The molecule has 4 rings (SSSR count). The van der Waals surface area contributed by atoms with Gasteiger partial charge in [0.2, 0.25) is 0 Å². The number of hydrogen-bond acceptors (Lipinski definition) is 3. The third kappa shape index (κ3) is 1.73. The van der Waals surface area contributed by atoms with E-state index in [2.05, 4.69) is 28.4 Å². The molecule has 0 saturated heterocycles. The SMILES string of the molecule is NC(=O)c1cnnc2ccc3cc4ccccc4cc3c12. The average Bonchev–Trinajstić information content (AvgIpc) is 2.52. The highest BCUT2D eigenvalue weighted by Gasteiger charge is 2.12. The van der Waals surface area contributed by atoms with Crippen molar-refractivity contribution in [3.05, 3.63) is 60.3 Å². The summed E-state index contributed by atoms with van der Waals surface area (Å²) in [6.07, 6.45) is 1.43. The molecular weight excluding hydrogens is 262 g/mol. The lowest BCUT2D eigenvalue weighted by Crippen LogP contribution is -2.12. The number of nitrogens with zero attached hydrogens (tertiary/aromatic N) is 2. The number of aromatic nitrogens is 2. The maximum atomic E-state index is 11.7. The molecule has 4 aromatic rings. The van der Waals surface area contributed by atoms with Gasteiger partial charge < -0.3 is 5.73 Å². The van der Waals surface area contributed by atoms with Crippen LogP contribution in [0.4, 0.5) is 0 Å². The summed E-state index contributed by atoms with van der Waals surface area (Å²) in [7, 11) is 0. The summed E-state index contributed by atoms with van der Waals surface area (Å²) < 4.78 is 0. The topological polar surface area (TPSA) is 68.9 Å². The molecule has 0 bridgehead atoms. The van der Waals surface area contributed by atoms with Gasteiger partial charge in [-0.25, -0.2) is 0 Å². The van der Waals surface area contributed by atoms with Gasteiger partial charge in [0.25, 0.3) is 5.91 Å². The Morgan fingerprint density at radius 3 is 2.48 bits per heavy atom. The smallest absolute Gasteiger partial charge is 0.251 e. The molecule has 0 radical (unpaired) electrons. The zero-order valence-electron chi connectivity index (χ0n) is 11.1. The first-order valence-electron chi connectivity index (χ1n) is 6.61. The molecule has 0 aliphatic rings. The first kappa shape index (κ1) is 11.8. The lowest BCUT2D eigenvalue weighted by Gasteiger charge is -2.08. The van der Waals surface area contributed by atoms with Gasteiger partial charge in [0.15, 0.2) is 0 Å². The molecule has 0 fully saturated rings. The van der Waals surface area contributed by atoms with Gasteiger partial charge in [0.05, 0.1) is 17.3 Å². The molecule has 1 heterocycles. The molecule has 2 N–H and O–H groups in total. The van der Waals surface area contributed by atoms with Crippen molar-refractivity contribution >= 4 is 38.4 Å². The van der Waals surface area contributed by atoms with Crippen LogP contribution in [0.2, 0.25) is 0 Å². The highest BCUT2D eigenvalue weighted by atomic mass is 16.1. The van der Waals surface area contributed by atoms with Crippen molar-refractivity contribution in [3.63, 3.8) is 0 Å². The van der Waals surface area contributed by atoms with Crippen molar-refractivity contribution in [2.45, 2.75) is 0 Å². The molecule has 4 nitrogen and oxygen atoms in total. The van der Waals surface area contributed by atoms with E-state index < -0.39 is 5.91 Å². The minimum absolute atomic E-state index is 0.404. The Kier molecular flexibility index (Phi) is 2.38. The van der Waals surface area contributed by atoms with Gasteiger partial charge in [-0.3, -0.25) is 4.79 Å². The normalized spacial score (nSPS) is 11.2. The molecule has 0 aliphatic carbocycles. The van der Waals surface area contributed by atoms with Crippen LogP contribution < -0.4 is 5.73 Å². The molecule has 0 saturated carbocycles.